The fourth-order valence-corrected chi connectivity index (χ4v) is 5.49. The molecule has 42 heavy (non-hydrogen) atoms. The molecule has 0 saturated heterocycles. The van der Waals surface area contributed by atoms with E-state index >= 15 is 0 Å². The number of hydrogen-bond donors (Lipinski definition) is 3. The van der Waals surface area contributed by atoms with Crippen LogP contribution in [0.4, 0.5) is 0 Å². The number of carbonyl (C=O) groups is 1. The van der Waals surface area contributed by atoms with Crippen molar-refractivity contribution in [2.45, 2.75) is 38.2 Å². The largest absolute Gasteiger partial charge is 0.490 e. The van der Waals surface area contributed by atoms with Crippen molar-refractivity contribution in [3.63, 3.8) is 0 Å². The van der Waals surface area contributed by atoms with Crippen molar-refractivity contribution in [2.24, 2.45) is 0 Å². The van der Waals surface area contributed by atoms with Crippen LogP contribution >= 0.6 is 12.4 Å². The second-order valence-electron chi connectivity index (χ2n) is 10.1. The van der Waals surface area contributed by atoms with Crippen LogP contribution in [0.3, 0.4) is 0 Å². The van der Waals surface area contributed by atoms with Gasteiger partial charge in [0.05, 0.1) is 23.5 Å². The van der Waals surface area contributed by atoms with E-state index in [1.165, 1.54) is 0 Å². The van der Waals surface area contributed by atoms with E-state index in [0.29, 0.717) is 17.9 Å². The van der Waals surface area contributed by atoms with Crippen LogP contribution in [0.2, 0.25) is 0 Å². The molecule has 0 heterocycles. The number of ether oxygens (including phenoxy) is 1. The van der Waals surface area contributed by atoms with Crippen LogP contribution in [0, 0.1) is 0 Å². The summed E-state index contributed by atoms with van der Waals surface area (Å²) in [5.41, 5.74) is 4.57. The minimum atomic E-state index is -3.90. The van der Waals surface area contributed by atoms with Crippen LogP contribution in [-0.2, 0) is 22.2 Å². The van der Waals surface area contributed by atoms with E-state index in [4.69, 9.17) is 4.74 Å². The van der Waals surface area contributed by atoms with Crippen molar-refractivity contribution in [2.75, 3.05) is 13.1 Å². The van der Waals surface area contributed by atoms with E-state index in [-0.39, 0.29) is 29.8 Å². The highest BCUT2D eigenvalue weighted by molar-refractivity contribution is 7.89. The monoisotopic (exact) mass is 608 g/mol. The van der Waals surface area contributed by atoms with Gasteiger partial charge in [0, 0.05) is 6.54 Å². The number of aliphatic hydroxyl groups excluding tert-OH is 1. The fraction of sp³-hybridized carbons (Fsp3) is 0.242. The maximum Gasteiger partial charge on any atom is 0.268 e. The first-order valence-corrected chi connectivity index (χ1v) is 15.3. The summed E-state index contributed by atoms with van der Waals surface area (Å²) in [7, 11) is -3.90. The van der Waals surface area contributed by atoms with Gasteiger partial charge in [-0.2, -0.15) is 0 Å². The first kappa shape index (κ1) is 32.8. The Kier molecular flexibility index (Phi) is 12.1. The number of hydrogen-bond acceptors (Lipinski definition) is 6. The zero-order valence-corrected chi connectivity index (χ0v) is 25.3. The summed E-state index contributed by atoms with van der Waals surface area (Å²) in [5, 5.41) is 13.6. The molecular formula is C33H37ClN2O5S. The van der Waals surface area contributed by atoms with Crippen molar-refractivity contribution < 1.29 is 23.1 Å². The normalized spacial score (nSPS) is 11.9. The van der Waals surface area contributed by atoms with Gasteiger partial charge in [0.15, 0.2) is 0 Å². The molecule has 222 valence electrons. The number of rotatable bonds is 13. The molecule has 4 aromatic carbocycles. The lowest BCUT2D eigenvalue weighted by Crippen LogP contribution is -2.32. The molecule has 3 N–H and O–H groups in total. The molecule has 0 fully saturated rings. The van der Waals surface area contributed by atoms with Crippen LogP contribution < -0.4 is 14.8 Å². The van der Waals surface area contributed by atoms with E-state index in [2.05, 4.69) is 10.0 Å². The third-order valence-electron chi connectivity index (χ3n) is 6.44. The average molecular weight is 609 g/mol. The van der Waals surface area contributed by atoms with Crippen LogP contribution in [0.15, 0.2) is 103 Å². The predicted octanol–water partition coefficient (Wildman–Crippen LogP) is 5.69. The lowest BCUT2D eigenvalue weighted by atomic mass is 10.0. The van der Waals surface area contributed by atoms with Gasteiger partial charge in [0.25, 0.3) is 5.91 Å². The second-order valence-corrected chi connectivity index (χ2v) is 11.9. The summed E-state index contributed by atoms with van der Waals surface area (Å²) in [6.07, 6.45) is 0.0444. The summed E-state index contributed by atoms with van der Waals surface area (Å²) in [4.78, 5) is 13.0. The van der Waals surface area contributed by atoms with Gasteiger partial charge in [0.1, 0.15) is 5.75 Å². The lowest BCUT2D eigenvalue weighted by Gasteiger charge is -2.16. The van der Waals surface area contributed by atoms with Gasteiger partial charge in [-0.05, 0) is 66.8 Å². The summed E-state index contributed by atoms with van der Waals surface area (Å²) in [5.74, 6) is -0.716. The Labute approximate surface area is 254 Å². The van der Waals surface area contributed by atoms with Crippen LogP contribution in [0.25, 0.3) is 11.1 Å². The molecule has 0 saturated carbocycles. The molecule has 0 radical (unpaired) electrons. The molecule has 0 bridgehead atoms. The Balaban J connectivity index is 0.00000484. The summed E-state index contributed by atoms with van der Waals surface area (Å²) < 4.78 is 33.4. The highest BCUT2D eigenvalue weighted by Crippen LogP contribution is 2.29. The Morgan fingerprint density at radius 2 is 1.45 bits per heavy atom. The molecule has 1 atom stereocenters. The molecule has 0 spiro atoms. The molecule has 0 aliphatic rings. The number of halogens is 1. The summed E-state index contributed by atoms with van der Waals surface area (Å²) in [6, 6.07) is 31.5. The molecule has 0 unspecified atom stereocenters. The SMILES string of the molecule is CC(C)Oc1cc(-c2ccc(CCNC[C@H](O)c3ccccc3)cc2)ccc1C(=O)NS(=O)(=O)Cc1ccccc1.Cl. The molecule has 4 aromatic rings. The zero-order valence-electron chi connectivity index (χ0n) is 23.7. The number of amides is 1. The molecule has 7 nitrogen and oxygen atoms in total. The Bertz CT molecular complexity index is 1530. The molecule has 0 aliphatic carbocycles. The zero-order chi connectivity index (χ0) is 29.2. The van der Waals surface area contributed by atoms with Crippen LogP contribution in [-0.4, -0.2) is 38.6 Å². The Morgan fingerprint density at radius 1 is 0.833 bits per heavy atom. The summed E-state index contributed by atoms with van der Waals surface area (Å²) in [6.45, 7) is 4.91. The van der Waals surface area contributed by atoms with Crippen LogP contribution in [0.1, 0.15) is 47.0 Å². The lowest BCUT2D eigenvalue weighted by molar-refractivity contribution is 0.0975. The third-order valence-corrected chi connectivity index (χ3v) is 7.65. The number of nitrogens with one attached hydrogen (secondary N) is 2. The van der Waals surface area contributed by atoms with E-state index in [9.17, 15) is 18.3 Å². The number of benzene rings is 4. The van der Waals surface area contributed by atoms with Gasteiger partial charge in [-0.1, -0.05) is 91.0 Å². The minimum Gasteiger partial charge on any atom is -0.490 e. The molecule has 9 heteroatoms. The van der Waals surface area contributed by atoms with Crippen molar-refractivity contribution in [1.29, 1.82) is 0 Å². The standard InChI is InChI=1S/C33H36N2O5S.ClH/c1-24(2)40-32-21-29(17-18-30(32)33(37)35-41(38,39)23-26-9-5-3-6-10-26)27-15-13-25(14-16-27)19-20-34-22-31(36)28-11-7-4-8-12-28;/h3-18,21,24,31,34,36H,19-20,22-23H2,1-2H3,(H,35,37);1H/t31-;/m0./s1. The highest BCUT2D eigenvalue weighted by atomic mass is 35.5. The second kappa shape index (κ2) is 15.5. The average Bonchev–Trinajstić information content (AvgIpc) is 2.95. The van der Waals surface area contributed by atoms with E-state index in [1.807, 2.05) is 68.4 Å². The van der Waals surface area contributed by atoms with Gasteiger partial charge >= 0.3 is 0 Å². The van der Waals surface area contributed by atoms with Gasteiger partial charge in [-0.15, -0.1) is 12.4 Å². The van der Waals surface area contributed by atoms with Gasteiger partial charge in [0.2, 0.25) is 10.0 Å². The number of sulfonamides is 1. The van der Waals surface area contributed by atoms with Crippen molar-refractivity contribution in [3.8, 4) is 16.9 Å². The Morgan fingerprint density at radius 3 is 2.10 bits per heavy atom. The van der Waals surface area contributed by atoms with E-state index in [1.54, 1.807) is 48.5 Å². The van der Waals surface area contributed by atoms with E-state index in [0.717, 1.165) is 35.2 Å². The Hall–Kier alpha value is -3.69. The maximum absolute atomic E-state index is 13.0. The van der Waals surface area contributed by atoms with Gasteiger partial charge in [-0.3, -0.25) is 4.79 Å². The van der Waals surface area contributed by atoms with Gasteiger partial charge < -0.3 is 15.2 Å². The summed E-state index contributed by atoms with van der Waals surface area (Å²) >= 11 is 0. The minimum absolute atomic E-state index is 0. The topological polar surface area (TPSA) is 105 Å². The van der Waals surface area contributed by atoms with Crippen molar-refractivity contribution >= 4 is 28.3 Å². The fourth-order valence-electron chi connectivity index (χ4n) is 4.40. The van der Waals surface area contributed by atoms with Crippen molar-refractivity contribution in [3.05, 3.63) is 125 Å². The molecule has 0 aromatic heterocycles. The highest BCUT2D eigenvalue weighted by Gasteiger charge is 2.21. The predicted molar refractivity (Wildman–Crippen MR) is 169 cm³/mol. The smallest absolute Gasteiger partial charge is 0.268 e. The van der Waals surface area contributed by atoms with Crippen molar-refractivity contribution in [1.82, 2.24) is 10.0 Å². The number of aliphatic hydroxyl groups is 1. The van der Waals surface area contributed by atoms with Gasteiger partial charge in [-0.25, -0.2) is 13.1 Å². The molecular weight excluding hydrogens is 572 g/mol. The maximum atomic E-state index is 13.0. The van der Waals surface area contributed by atoms with Crippen LogP contribution in [0.5, 0.6) is 5.75 Å². The molecule has 4 rings (SSSR count). The number of carbonyl (C=O) groups excluding carboxylic acids is 1. The first-order valence-electron chi connectivity index (χ1n) is 13.6. The quantitative estimate of drug-likeness (QED) is 0.169. The molecule has 0 aliphatic heterocycles. The van der Waals surface area contributed by atoms with E-state index < -0.39 is 22.0 Å². The first-order chi connectivity index (χ1) is 19.7. The third kappa shape index (κ3) is 9.70. The molecule has 1 amide bonds.